The Morgan fingerprint density at radius 1 is 0.307 bits per heavy atom. The van der Waals surface area contributed by atoms with Gasteiger partial charge in [0.05, 0.1) is 10.8 Å². The van der Waals surface area contributed by atoms with Gasteiger partial charge in [0.25, 0.3) is 0 Å². The fraction of sp³-hybridized carbons (Fsp3) is 0.0777. The Kier molecular flexibility index (Phi) is 25.4. The molecule has 11 heteroatoms. The van der Waals surface area contributed by atoms with Gasteiger partial charge in [0.1, 0.15) is 18.2 Å². The van der Waals surface area contributed by atoms with Crippen molar-refractivity contribution in [2.45, 2.75) is 36.6 Å². The average molecular weight is 1810 g/mol. The third kappa shape index (κ3) is 15.9. The van der Waals surface area contributed by atoms with Crippen molar-refractivity contribution >= 4 is 104 Å². The molecule has 114 heavy (non-hydrogen) atoms. The molecule has 19 rings (SSSR count). The molecule has 0 bridgehead atoms. The van der Waals surface area contributed by atoms with Crippen LogP contribution in [0.15, 0.2) is 393 Å². The number of hydrogen-bond acceptors (Lipinski definition) is 6. The molecule has 4 aliphatic carbocycles. The van der Waals surface area contributed by atoms with Crippen molar-refractivity contribution in [3.63, 3.8) is 0 Å². The van der Waals surface area contributed by atoms with Crippen LogP contribution in [0.3, 0.4) is 0 Å². The van der Waals surface area contributed by atoms with Crippen molar-refractivity contribution in [1.82, 2.24) is 0 Å². The maximum absolute atomic E-state index is 12.0. The first-order valence-corrected chi connectivity index (χ1v) is 41.5. The standard InChI is InChI=1S/C27H19Br.C26H17BrO.C20H13BrO2.C13H7BrO.C11H15BrO2.C6H6/c1-2-19-12-14-21(15-13-19)27(20-8-4-3-5-9-20)25-11-7-6-10-23(25)24-17-16-22(28)18-26(24)27;27-21-14-15-23-22-8-4-5-9-24(22)26(25(23)16-21,19-6-2-1-3-7-19)20-12-10-18(17-28)11-13-20;21-15-9-10-17-16-3-1-2-4-18(16)20(23,19(17)11-15)14-7-5-13(12-22)6-8-14;14-8-5-6-10-9-3-1-2-4-11(9)13(15)12(10)7-8;1-3-13-11(14-4-2)9-5-7-10(12)8-6-9;1-2-4-6-5-3-1/h2-18H,1H2;1-17H;1-12,23H;1-7H;5-8,11H,3-4H2,1-2H3;1-6H. The number of fused-ring (bicyclic) bond motifs is 12. The van der Waals surface area contributed by atoms with Crippen LogP contribution in [0.5, 0.6) is 0 Å². The SMILES string of the molecule is C=Cc1ccc(C2(c3ccccc3)c3ccccc3-c3ccc(Br)cc32)cc1.CCOC(OCC)c1ccc(Br)cc1.O=C1c2ccccc2-c2ccc(Br)cc21.O=Cc1ccc(C2(O)c3ccccc3-c3ccc(Br)cc32)cc1.O=Cc1ccc(C2(c3ccccc3)c3ccccc3-c3ccc(Br)cc32)cc1.c1ccccc1. The summed E-state index contributed by atoms with van der Waals surface area (Å²) in [4.78, 5) is 34.1. The van der Waals surface area contributed by atoms with Crippen LogP contribution in [-0.4, -0.2) is 36.7 Å². The molecule has 0 spiro atoms. The highest BCUT2D eigenvalue weighted by molar-refractivity contribution is 9.11. The Hall–Kier alpha value is -10.7. The van der Waals surface area contributed by atoms with Crippen LogP contribution < -0.4 is 0 Å². The molecule has 3 unspecified atom stereocenters. The molecule has 560 valence electrons. The molecule has 0 saturated heterocycles. The van der Waals surface area contributed by atoms with Crippen molar-refractivity contribution in [2.75, 3.05) is 13.2 Å². The molecule has 4 aliphatic rings. The first kappa shape index (κ1) is 80.0. The molecule has 6 nitrogen and oxygen atoms in total. The summed E-state index contributed by atoms with van der Waals surface area (Å²) < 4.78 is 16.0. The Morgan fingerprint density at radius 2 is 0.614 bits per heavy atom. The lowest BCUT2D eigenvalue weighted by Gasteiger charge is -2.34. The predicted molar refractivity (Wildman–Crippen MR) is 481 cm³/mol. The van der Waals surface area contributed by atoms with E-state index in [1.807, 2.05) is 190 Å². The normalized spacial score (nSPS) is 15.5. The van der Waals surface area contributed by atoms with Gasteiger partial charge in [-0.05, 0) is 175 Å². The first-order valence-electron chi connectivity index (χ1n) is 37.5. The van der Waals surface area contributed by atoms with E-state index in [1.54, 1.807) is 12.1 Å². The van der Waals surface area contributed by atoms with Crippen LogP contribution in [0.1, 0.15) is 129 Å². The predicted octanol–water partition coefficient (Wildman–Crippen LogP) is 27.5. The van der Waals surface area contributed by atoms with E-state index < -0.39 is 11.0 Å². The Bertz CT molecular complexity index is 5710. The highest BCUT2D eigenvalue weighted by Gasteiger charge is 2.48. The topological polar surface area (TPSA) is 89.9 Å². The summed E-state index contributed by atoms with van der Waals surface area (Å²) in [6.45, 7) is 9.14. The number of carbonyl (C=O) groups excluding carboxylic acids is 3. The summed E-state index contributed by atoms with van der Waals surface area (Å²) in [7, 11) is 0. The third-order valence-electron chi connectivity index (χ3n) is 21.1. The molecule has 0 amide bonds. The van der Waals surface area contributed by atoms with Crippen LogP contribution in [0.2, 0.25) is 0 Å². The quantitative estimate of drug-likeness (QED) is 0.0914. The number of rotatable bonds is 13. The number of aliphatic hydroxyl groups is 1. The summed E-state index contributed by atoms with van der Waals surface area (Å²) in [6.07, 6.45) is 3.36. The molecule has 0 aliphatic heterocycles. The van der Waals surface area contributed by atoms with Gasteiger partial charge in [0, 0.05) is 74.5 Å². The van der Waals surface area contributed by atoms with Gasteiger partial charge in [0.2, 0.25) is 0 Å². The van der Waals surface area contributed by atoms with Gasteiger partial charge in [-0.1, -0.05) is 396 Å². The van der Waals surface area contributed by atoms with E-state index in [-0.39, 0.29) is 17.5 Å². The van der Waals surface area contributed by atoms with Crippen LogP contribution in [0.25, 0.3) is 50.6 Å². The maximum Gasteiger partial charge on any atom is 0.194 e. The van der Waals surface area contributed by atoms with Crippen molar-refractivity contribution in [3.05, 3.63) is 488 Å². The lowest BCUT2D eigenvalue weighted by Crippen LogP contribution is -2.28. The van der Waals surface area contributed by atoms with E-state index in [2.05, 4.69) is 268 Å². The summed E-state index contributed by atoms with van der Waals surface area (Å²) in [5, 5.41) is 11.6. The Balaban J connectivity index is 0.000000118. The highest BCUT2D eigenvalue weighted by atomic mass is 79.9. The second-order valence-electron chi connectivity index (χ2n) is 27.5. The maximum atomic E-state index is 12.0. The number of benzene rings is 15. The summed E-state index contributed by atoms with van der Waals surface area (Å²) in [6, 6.07) is 123. The van der Waals surface area contributed by atoms with E-state index in [0.717, 1.165) is 102 Å². The molecule has 0 saturated carbocycles. The minimum atomic E-state index is -1.21. The molecule has 0 aromatic heterocycles. The molecular weight excluding hydrogens is 1730 g/mol. The van der Waals surface area contributed by atoms with E-state index in [1.165, 1.54) is 61.2 Å². The highest BCUT2D eigenvalue weighted by Crippen LogP contribution is 2.59. The van der Waals surface area contributed by atoms with Crippen molar-refractivity contribution in [2.24, 2.45) is 0 Å². The zero-order chi connectivity index (χ0) is 79.4. The number of carbonyl (C=O) groups is 3. The number of halogens is 5. The van der Waals surface area contributed by atoms with E-state index in [4.69, 9.17) is 9.47 Å². The van der Waals surface area contributed by atoms with Crippen molar-refractivity contribution in [1.29, 1.82) is 0 Å². The molecule has 0 heterocycles. The number of aldehydes is 2. The van der Waals surface area contributed by atoms with Crippen LogP contribution in [0, 0.1) is 0 Å². The molecule has 3 atom stereocenters. The van der Waals surface area contributed by atoms with Gasteiger partial charge in [-0.25, -0.2) is 0 Å². The second-order valence-corrected chi connectivity index (χ2v) is 32.0. The van der Waals surface area contributed by atoms with Gasteiger partial charge in [-0.3, -0.25) is 14.4 Å². The van der Waals surface area contributed by atoms with Gasteiger partial charge >= 0.3 is 0 Å². The van der Waals surface area contributed by atoms with Crippen LogP contribution in [0.4, 0.5) is 0 Å². The molecule has 15 aromatic rings. The molecule has 15 aromatic carbocycles. The van der Waals surface area contributed by atoms with E-state index in [0.29, 0.717) is 24.3 Å². The molecule has 0 fully saturated rings. The zero-order valence-corrected chi connectivity index (χ0v) is 70.4. The minimum absolute atomic E-state index is 0.127. The van der Waals surface area contributed by atoms with Gasteiger partial charge in [-0.2, -0.15) is 0 Å². The van der Waals surface area contributed by atoms with E-state index in [9.17, 15) is 19.5 Å². The molecular formula is C103H77Br5O6. The van der Waals surface area contributed by atoms with Crippen LogP contribution in [-0.2, 0) is 25.9 Å². The minimum Gasteiger partial charge on any atom is -0.376 e. The van der Waals surface area contributed by atoms with Crippen LogP contribution >= 0.6 is 79.6 Å². The number of ether oxygens (including phenoxy) is 2. The second kappa shape index (κ2) is 36.2. The fourth-order valence-electron chi connectivity index (χ4n) is 16.0. The number of ketones is 1. The average Bonchev–Trinajstić information content (AvgIpc) is 1.56. The van der Waals surface area contributed by atoms with Crippen molar-refractivity contribution < 1.29 is 29.0 Å². The Labute approximate surface area is 708 Å². The monoisotopic (exact) mass is 1800 g/mol. The summed E-state index contributed by atoms with van der Waals surface area (Å²) in [5.41, 5.74) is 25.0. The third-order valence-corrected chi connectivity index (χ3v) is 23.6. The van der Waals surface area contributed by atoms with Gasteiger partial charge in [-0.15, -0.1) is 0 Å². The largest absolute Gasteiger partial charge is 0.376 e. The lowest BCUT2D eigenvalue weighted by atomic mass is 9.67. The summed E-state index contributed by atoms with van der Waals surface area (Å²) in [5.74, 6) is 0.127. The number of hydrogen-bond donors (Lipinski definition) is 1. The van der Waals surface area contributed by atoms with E-state index >= 15 is 0 Å². The molecule has 0 radical (unpaired) electrons. The summed E-state index contributed by atoms with van der Waals surface area (Å²) >= 11 is 17.7. The van der Waals surface area contributed by atoms with Gasteiger partial charge < -0.3 is 14.6 Å². The smallest absolute Gasteiger partial charge is 0.194 e. The Morgan fingerprint density at radius 3 is 1.04 bits per heavy atom. The zero-order valence-electron chi connectivity index (χ0n) is 62.5. The van der Waals surface area contributed by atoms with Gasteiger partial charge in [0.15, 0.2) is 12.1 Å². The first-order chi connectivity index (χ1) is 55.7. The fourth-order valence-corrected chi connectivity index (χ4v) is 17.7. The lowest BCUT2D eigenvalue weighted by molar-refractivity contribution is -0.140. The molecule has 1 N–H and O–H groups in total. The van der Waals surface area contributed by atoms with Crippen molar-refractivity contribution in [3.8, 4) is 44.5 Å².